The second kappa shape index (κ2) is 5.25. The lowest BCUT2D eigenvalue weighted by Crippen LogP contribution is -2.40. The third-order valence-electron chi connectivity index (χ3n) is 3.32. The van der Waals surface area contributed by atoms with Crippen LogP contribution in [-0.4, -0.2) is 24.0 Å². The zero-order valence-electron chi connectivity index (χ0n) is 10.4. The number of carbonyl (C=O) groups excluding carboxylic acids is 1. The zero-order valence-corrected chi connectivity index (χ0v) is 10.4. The van der Waals surface area contributed by atoms with Crippen molar-refractivity contribution in [2.75, 3.05) is 24.1 Å². The Morgan fingerprint density at radius 3 is 2.72 bits per heavy atom. The average molecular weight is 251 g/mol. The maximum atomic E-state index is 13.2. The Hall–Kier alpha value is -1.78. The molecule has 0 saturated carbocycles. The van der Waals surface area contributed by atoms with Crippen LogP contribution in [0.5, 0.6) is 0 Å². The second-order valence-electron chi connectivity index (χ2n) is 4.84. The Kier molecular flexibility index (Phi) is 3.69. The molecule has 0 bridgehead atoms. The van der Waals surface area contributed by atoms with E-state index >= 15 is 0 Å². The zero-order chi connectivity index (χ0) is 13.1. The van der Waals surface area contributed by atoms with Crippen molar-refractivity contribution in [3.05, 3.63) is 24.0 Å². The van der Waals surface area contributed by atoms with Gasteiger partial charge in [-0.1, -0.05) is 6.92 Å². The Balaban J connectivity index is 1.96. The number of hydrogen-bond donors (Lipinski definition) is 2. The van der Waals surface area contributed by atoms with Gasteiger partial charge in [0.25, 0.3) is 0 Å². The van der Waals surface area contributed by atoms with Gasteiger partial charge in [0.1, 0.15) is 5.82 Å². The molecule has 5 heteroatoms. The maximum absolute atomic E-state index is 13.2. The summed E-state index contributed by atoms with van der Waals surface area (Å²) in [6.07, 6.45) is 2.03. The highest BCUT2D eigenvalue weighted by Gasteiger charge is 2.20. The SMILES string of the molecule is CC1CCN(C(=O)Nc2ccc(N)c(F)c2)CC1. The van der Waals surface area contributed by atoms with Crippen LogP contribution in [0.15, 0.2) is 18.2 Å². The molecule has 1 fully saturated rings. The molecule has 0 aromatic heterocycles. The maximum Gasteiger partial charge on any atom is 0.321 e. The molecular weight excluding hydrogens is 233 g/mol. The predicted octanol–water partition coefficient (Wildman–Crippen LogP) is 2.67. The number of likely N-dealkylation sites (tertiary alicyclic amines) is 1. The molecular formula is C13H18FN3O. The van der Waals surface area contributed by atoms with Crippen LogP contribution in [-0.2, 0) is 0 Å². The summed E-state index contributed by atoms with van der Waals surface area (Å²) in [5, 5.41) is 2.69. The molecule has 0 spiro atoms. The first-order valence-corrected chi connectivity index (χ1v) is 6.17. The van der Waals surface area contributed by atoms with Gasteiger partial charge in [-0.05, 0) is 37.0 Å². The third kappa shape index (κ3) is 2.91. The molecule has 1 aromatic carbocycles. The van der Waals surface area contributed by atoms with E-state index < -0.39 is 5.82 Å². The van der Waals surface area contributed by atoms with Gasteiger partial charge in [-0.3, -0.25) is 0 Å². The summed E-state index contributed by atoms with van der Waals surface area (Å²) in [6, 6.07) is 4.11. The normalized spacial score (nSPS) is 16.7. The Morgan fingerprint density at radius 2 is 2.11 bits per heavy atom. The number of nitrogens with one attached hydrogen (secondary N) is 1. The van der Waals surface area contributed by atoms with Crippen molar-refractivity contribution in [2.24, 2.45) is 5.92 Å². The van der Waals surface area contributed by atoms with Crippen LogP contribution in [0.3, 0.4) is 0 Å². The summed E-state index contributed by atoms with van der Waals surface area (Å²) in [5.41, 5.74) is 5.90. The van der Waals surface area contributed by atoms with Crippen LogP contribution in [0.2, 0.25) is 0 Å². The van der Waals surface area contributed by atoms with E-state index in [-0.39, 0.29) is 11.7 Å². The fourth-order valence-corrected chi connectivity index (χ4v) is 2.02. The van der Waals surface area contributed by atoms with Crippen LogP contribution in [0.1, 0.15) is 19.8 Å². The molecule has 98 valence electrons. The highest BCUT2D eigenvalue weighted by molar-refractivity contribution is 5.89. The minimum atomic E-state index is -0.514. The molecule has 2 rings (SSSR count). The summed E-state index contributed by atoms with van der Waals surface area (Å²) in [5.74, 6) is 0.156. The molecule has 0 atom stereocenters. The van der Waals surface area contributed by atoms with Gasteiger partial charge in [-0.25, -0.2) is 9.18 Å². The average Bonchev–Trinajstić information content (AvgIpc) is 2.34. The van der Waals surface area contributed by atoms with Gasteiger partial charge in [0.2, 0.25) is 0 Å². The number of urea groups is 1. The van der Waals surface area contributed by atoms with Gasteiger partial charge in [0.05, 0.1) is 5.69 Å². The lowest BCUT2D eigenvalue weighted by molar-refractivity contribution is 0.186. The summed E-state index contributed by atoms with van der Waals surface area (Å²) >= 11 is 0. The topological polar surface area (TPSA) is 58.4 Å². The lowest BCUT2D eigenvalue weighted by atomic mass is 10.00. The van der Waals surface area contributed by atoms with Crippen LogP contribution in [0.25, 0.3) is 0 Å². The summed E-state index contributed by atoms with van der Waals surface area (Å²) in [7, 11) is 0. The number of piperidine rings is 1. The van der Waals surface area contributed by atoms with Crippen molar-refractivity contribution in [3.63, 3.8) is 0 Å². The molecule has 1 aliphatic heterocycles. The first kappa shape index (κ1) is 12.7. The molecule has 0 unspecified atom stereocenters. The van der Waals surface area contributed by atoms with E-state index in [1.807, 2.05) is 0 Å². The molecule has 4 nitrogen and oxygen atoms in total. The molecule has 1 aromatic rings. The van der Waals surface area contributed by atoms with Crippen LogP contribution in [0.4, 0.5) is 20.6 Å². The summed E-state index contributed by atoms with van der Waals surface area (Å²) in [4.78, 5) is 13.7. The van der Waals surface area contributed by atoms with E-state index in [0.29, 0.717) is 11.6 Å². The number of carbonyl (C=O) groups is 1. The Morgan fingerprint density at radius 1 is 1.44 bits per heavy atom. The first-order chi connectivity index (χ1) is 8.56. The molecule has 18 heavy (non-hydrogen) atoms. The van der Waals surface area contributed by atoms with Crippen molar-refractivity contribution >= 4 is 17.4 Å². The van der Waals surface area contributed by atoms with Gasteiger partial charge < -0.3 is 16.0 Å². The standard InChI is InChI=1S/C13H18FN3O/c1-9-4-6-17(7-5-9)13(18)16-10-2-3-12(15)11(14)8-10/h2-3,8-9H,4-7,15H2,1H3,(H,16,18). The van der Waals surface area contributed by atoms with Crippen molar-refractivity contribution in [3.8, 4) is 0 Å². The van der Waals surface area contributed by atoms with Crippen molar-refractivity contribution in [2.45, 2.75) is 19.8 Å². The van der Waals surface area contributed by atoms with Gasteiger partial charge in [-0.15, -0.1) is 0 Å². The van der Waals surface area contributed by atoms with Gasteiger partial charge in [0, 0.05) is 18.8 Å². The van der Waals surface area contributed by atoms with E-state index in [2.05, 4.69) is 12.2 Å². The number of halogens is 1. The first-order valence-electron chi connectivity index (χ1n) is 6.17. The predicted molar refractivity (Wildman–Crippen MR) is 69.8 cm³/mol. The molecule has 1 heterocycles. The fourth-order valence-electron chi connectivity index (χ4n) is 2.02. The Bertz CT molecular complexity index is 442. The van der Waals surface area contributed by atoms with Gasteiger partial charge in [-0.2, -0.15) is 0 Å². The number of nitrogens with two attached hydrogens (primary N) is 1. The molecule has 2 amide bonds. The fraction of sp³-hybridized carbons (Fsp3) is 0.462. The summed E-state index contributed by atoms with van der Waals surface area (Å²) < 4.78 is 13.2. The van der Waals surface area contributed by atoms with Crippen molar-refractivity contribution in [1.82, 2.24) is 4.90 Å². The quantitative estimate of drug-likeness (QED) is 0.754. The third-order valence-corrected chi connectivity index (χ3v) is 3.32. The molecule has 3 N–H and O–H groups in total. The van der Waals surface area contributed by atoms with E-state index in [1.165, 1.54) is 12.1 Å². The lowest BCUT2D eigenvalue weighted by Gasteiger charge is -2.30. The number of nitrogens with zero attached hydrogens (tertiary/aromatic N) is 1. The minimum absolute atomic E-state index is 0.0831. The number of nitrogen functional groups attached to an aromatic ring is 1. The molecule has 0 aliphatic carbocycles. The van der Waals surface area contributed by atoms with Crippen molar-refractivity contribution < 1.29 is 9.18 Å². The van der Waals surface area contributed by atoms with E-state index in [4.69, 9.17) is 5.73 Å². The number of benzene rings is 1. The van der Waals surface area contributed by atoms with Gasteiger partial charge >= 0.3 is 6.03 Å². The highest BCUT2D eigenvalue weighted by atomic mass is 19.1. The van der Waals surface area contributed by atoms with E-state index in [9.17, 15) is 9.18 Å². The number of anilines is 2. The van der Waals surface area contributed by atoms with Crippen molar-refractivity contribution in [1.29, 1.82) is 0 Å². The number of rotatable bonds is 1. The highest BCUT2D eigenvalue weighted by Crippen LogP contribution is 2.19. The minimum Gasteiger partial charge on any atom is -0.396 e. The second-order valence-corrected chi connectivity index (χ2v) is 4.84. The largest absolute Gasteiger partial charge is 0.396 e. The Labute approximate surface area is 106 Å². The van der Waals surface area contributed by atoms with Crippen LogP contribution >= 0.6 is 0 Å². The smallest absolute Gasteiger partial charge is 0.321 e. The van der Waals surface area contributed by atoms with E-state index in [1.54, 1.807) is 11.0 Å². The summed E-state index contributed by atoms with van der Waals surface area (Å²) in [6.45, 7) is 3.69. The monoisotopic (exact) mass is 251 g/mol. The van der Waals surface area contributed by atoms with Crippen LogP contribution < -0.4 is 11.1 Å². The molecule has 0 radical (unpaired) electrons. The number of hydrogen-bond acceptors (Lipinski definition) is 2. The van der Waals surface area contributed by atoms with E-state index in [0.717, 1.165) is 25.9 Å². The molecule has 1 saturated heterocycles. The molecule has 1 aliphatic rings. The van der Waals surface area contributed by atoms with Gasteiger partial charge in [0.15, 0.2) is 0 Å². The van der Waals surface area contributed by atoms with Crippen LogP contribution in [0, 0.1) is 11.7 Å². The number of amides is 2.